The largest absolute Gasteiger partial charge is 0.481 e. The molecule has 0 heterocycles. The van der Waals surface area contributed by atoms with Crippen LogP contribution in [0.1, 0.15) is 13.8 Å². The van der Waals surface area contributed by atoms with E-state index in [1.807, 2.05) is 0 Å². The number of hydrogen-bond donors (Lipinski definition) is 2. The number of benzene rings is 1. The highest BCUT2D eigenvalue weighted by atomic mass is 35.5. The lowest BCUT2D eigenvalue weighted by Gasteiger charge is -2.09. The zero-order valence-electron chi connectivity index (χ0n) is 10.7. The molecule has 2 unspecified atom stereocenters. The summed E-state index contributed by atoms with van der Waals surface area (Å²) in [6.07, 6.45) is 0. The topological polar surface area (TPSA) is 66.4 Å². The Morgan fingerprint density at radius 2 is 1.90 bits per heavy atom. The van der Waals surface area contributed by atoms with Crippen molar-refractivity contribution in [1.29, 1.82) is 0 Å². The van der Waals surface area contributed by atoms with Crippen LogP contribution in [0.2, 0.25) is 5.02 Å². The monoisotopic (exact) mass is 303 g/mol. The van der Waals surface area contributed by atoms with Gasteiger partial charge in [-0.1, -0.05) is 25.4 Å². The maximum absolute atomic E-state index is 13.5. The lowest BCUT2D eigenvalue weighted by atomic mass is 10.1. The third-order valence-corrected chi connectivity index (χ3v) is 3.93. The van der Waals surface area contributed by atoms with Crippen LogP contribution in [-0.2, 0) is 9.59 Å². The van der Waals surface area contributed by atoms with Crippen molar-refractivity contribution < 1.29 is 23.5 Å². The van der Waals surface area contributed by atoms with Gasteiger partial charge in [0.1, 0.15) is 5.82 Å². The predicted octanol–water partition coefficient (Wildman–Crippen LogP) is 2.91. The summed E-state index contributed by atoms with van der Waals surface area (Å²) in [5.41, 5.74) is -1.05. The van der Waals surface area contributed by atoms with Gasteiger partial charge in [-0.15, -0.1) is 0 Å². The molecule has 1 aliphatic rings. The molecule has 2 atom stereocenters. The number of halogens is 3. The lowest BCUT2D eigenvalue weighted by Crippen LogP contribution is -2.19. The van der Waals surface area contributed by atoms with E-state index in [1.165, 1.54) is 0 Å². The second kappa shape index (κ2) is 4.70. The first-order valence-corrected chi connectivity index (χ1v) is 6.22. The van der Waals surface area contributed by atoms with Gasteiger partial charge in [-0.25, -0.2) is 8.78 Å². The molecule has 0 aromatic heterocycles. The van der Waals surface area contributed by atoms with Gasteiger partial charge in [0, 0.05) is 6.07 Å². The minimum atomic E-state index is -1.08. The molecule has 2 N–H and O–H groups in total. The van der Waals surface area contributed by atoms with Gasteiger partial charge in [0.2, 0.25) is 5.91 Å². The number of carbonyl (C=O) groups excluding carboxylic acids is 1. The number of carboxylic acid groups (broad SMARTS) is 1. The third kappa shape index (κ3) is 2.35. The Bertz CT molecular complexity index is 580. The fourth-order valence-corrected chi connectivity index (χ4v) is 2.69. The first-order chi connectivity index (χ1) is 9.16. The van der Waals surface area contributed by atoms with Crippen molar-refractivity contribution in [2.24, 2.45) is 17.3 Å². The highest BCUT2D eigenvalue weighted by Crippen LogP contribution is 2.58. The van der Waals surface area contributed by atoms with Gasteiger partial charge >= 0.3 is 5.97 Å². The van der Waals surface area contributed by atoms with E-state index in [0.717, 1.165) is 6.07 Å². The van der Waals surface area contributed by atoms with Gasteiger partial charge in [-0.2, -0.15) is 0 Å². The van der Waals surface area contributed by atoms with E-state index < -0.39 is 40.8 Å². The van der Waals surface area contributed by atoms with Crippen molar-refractivity contribution in [2.45, 2.75) is 13.8 Å². The Hall–Kier alpha value is -1.69. The van der Waals surface area contributed by atoms with Crippen molar-refractivity contribution in [3.8, 4) is 0 Å². The smallest absolute Gasteiger partial charge is 0.307 e. The molecule has 1 amide bonds. The summed E-state index contributed by atoms with van der Waals surface area (Å²) < 4.78 is 26.4. The molecule has 2 rings (SSSR count). The van der Waals surface area contributed by atoms with Crippen LogP contribution in [0.5, 0.6) is 0 Å². The first-order valence-electron chi connectivity index (χ1n) is 5.84. The third-order valence-electron chi connectivity index (χ3n) is 3.63. The normalized spacial score (nSPS) is 23.2. The minimum Gasteiger partial charge on any atom is -0.481 e. The number of amides is 1. The average molecular weight is 304 g/mol. The van der Waals surface area contributed by atoms with Gasteiger partial charge in [-0.3, -0.25) is 9.59 Å². The fourth-order valence-electron chi connectivity index (χ4n) is 2.45. The standard InChI is InChI=1S/C13H12ClF2NO3/c1-13(2)8(9(13)12(19)20)11(18)17-10-6(14)3-5(15)4-7(10)16/h3-4,8-9H,1-2H3,(H,17,18)(H,19,20). The SMILES string of the molecule is CC1(C)C(C(=O)O)C1C(=O)Nc1c(F)cc(F)cc1Cl. The van der Waals surface area contributed by atoms with Crippen molar-refractivity contribution >= 4 is 29.2 Å². The van der Waals surface area contributed by atoms with Crippen LogP contribution in [0.25, 0.3) is 0 Å². The maximum atomic E-state index is 13.5. The second-order valence-electron chi connectivity index (χ2n) is 5.35. The number of aliphatic carboxylic acids is 1. The molecule has 4 nitrogen and oxygen atoms in total. The molecule has 0 aliphatic heterocycles. The molecule has 0 spiro atoms. The van der Waals surface area contributed by atoms with E-state index in [-0.39, 0.29) is 10.7 Å². The average Bonchev–Trinajstić information content (AvgIpc) is 2.86. The summed E-state index contributed by atoms with van der Waals surface area (Å²) in [7, 11) is 0. The van der Waals surface area contributed by atoms with Crippen molar-refractivity contribution in [1.82, 2.24) is 0 Å². The predicted molar refractivity (Wildman–Crippen MR) is 68.4 cm³/mol. The molecule has 7 heteroatoms. The Balaban J connectivity index is 2.20. The van der Waals surface area contributed by atoms with Crippen LogP contribution >= 0.6 is 11.6 Å². The number of hydrogen-bond acceptors (Lipinski definition) is 2. The maximum Gasteiger partial charge on any atom is 0.307 e. The van der Waals surface area contributed by atoms with Crippen LogP contribution in [-0.4, -0.2) is 17.0 Å². The first kappa shape index (κ1) is 14.7. The number of rotatable bonds is 3. The molecule has 20 heavy (non-hydrogen) atoms. The quantitative estimate of drug-likeness (QED) is 0.902. The van der Waals surface area contributed by atoms with E-state index in [0.29, 0.717) is 6.07 Å². The summed E-state index contributed by atoms with van der Waals surface area (Å²) in [4.78, 5) is 23.0. The highest BCUT2D eigenvalue weighted by Gasteiger charge is 2.65. The summed E-state index contributed by atoms with van der Waals surface area (Å²) in [6.45, 7) is 3.28. The molecule has 1 saturated carbocycles. The van der Waals surface area contributed by atoms with Gasteiger partial charge < -0.3 is 10.4 Å². The molecule has 0 radical (unpaired) electrons. The van der Waals surface area contributed by atoms with E-state index >= 15 is 0 Å². The number of nitrogens with one attached hydrogen (secondary N) is 1. The molecule has 1 aliphatic carbocycles. The van der Waals surface area contributed by atoms with Crippen LogP contribution < -0.4 is 5.32 Å². The molecular formula is C13H12ClF2NO3. The molecule has 1 aromatic rings. The Labute approximate surface area is 118 Å². The van der Waals surface area contributed by atoms with E-state index in [4.69, 9.17) is 16.7 Å². The van der Waals surface area contributed by atoms with Gasteiger partial charge in [0.25, 0.3) is 0 Å². The van der Waals surface area contributed by atoms with E-state index in [1.54, 1.807) is 13.8 Å². The molecule has 1 aromatic carbocycles. The van der Waals surface area contributed by atoms with Crippen LogP contribution in [0.3, 0.4) is 0 Å². The van der Waals surface area contributed by atoms with Crippen molar-refractivity contribution in [3.63, 3.8) is 0 Å². The highest BCUT2D eigenvalue weighted by molar-refractivity contribution is 6.33. The minimum absolute atomic E-state index is 0.277. The van der Waals surface area contributed by atoms with Crippen LogP contribution in [0, 0.1) is 28.9 Å². The number of carbonyl (C=O) groups is 2. The summed E-state index contributed by atoms with van der Waals surface area (Å²) in [5.74, 6) is -5.20. The van der Waals surface area contributed by atoms with Crippen LogP contribution in [0.4, 0.5) is 14.5 Å². The van der Waals surface area contributed by atoms with Gasteiger partial charge in [0.15, 0.2) is 5.82 Å². The molecule has 1 fully saturated rings. The van der Waals surface area contributed by atoms with Gasteiger partial charge in [0.05, 0.1) is 22.5 Å². The lowest BCUT2D eigenvalue weighted by molar-refractivity contribution is -0.140. The van der Waals surface area contributed by atoms with E-state index in [9.17, 15) is 18.4 Å². The number of anilines is 1. The Morgan fingerprint density at radius 1 is 1.30 bits per heavy atom. The van der Waals surface area contributed by atoms with Crippen molar-refractivity contribution in [3.05, 3.63) is 28.8 Å². The van der Waals surface area contributed by atoms with E-state index in [2.05, 4.69) is 5.32 Å². The summed E-state index contributed by atoms with van der Waals surface area (Å²) in [5, 5.41) is 10.9. The van der Waals surface area contributed by atoms with Crippen molar-refractivity contribution in [2.75, 3.05) is 5.32 Å². The molecule has 108 valence electrons. The Morgan fingerprint density at radius 3 is 2.35 bits per heavy atom. The molecular weight excluding hydrogens is 292 g/mol. The Kier molecular flexibility index (Phi) is 3.46. The van der Waals surface area contributed by atoms with Crippen LogP contribution in [0.15, 0.2) is 12.1 Å². The molecule has 0 bridgehead atoms. The zero-order chi connectivity index (χ0) is 15.2. The summed E-state index contributed by atoms with van der Waals surface area (Å²) >= 11 is 5.66. The second-order valence-corrected chi connectivity index (χ2v) is 5.76. The fraction of sp³-hybridized carbons (Fsp3) is 0.385. The zero-order valence-corrected chi connectivity index (χ0v) is 11.5. The number of carboxylic acids is 1. The van der Waals surface area contributed by atoms with Gasteiger partial charge in [-0.05, 0) is 11.5 Å². The summed E-state index contributed by atoms with van der Waals surface area (Å²) in [6, 6.07) is 1.46. The molecule has 0 saturated heterocycles.